The van der Waals surface area contributed by atoms with Gasteiger partial charge in [0.1, 0.15) is 11.5 Å². The van der Waals surface area contributed by atoms with Gasteiger partial charge in [-0.05, 0) is 37.7 Å². The number of carbonyl (C=O) groups excluding carboxylic acids is 2. The number of methoxy groups -OCH3 is 2. The first-order valence-corrected chi connectivity index (χ1v) is 10.8. The molecule has 2 N–H and O–H groups in total. The minimum Gasteiger partial charge on any atom is -0.504 e. The Kier molecular flexibility index (Phi) is 5.25. The monoisotopic (exact) mass is 389 g/mol. The van der Waals surface area contributed by atoms with Gasteiger partial charge in [-0.3, -0.25) is 4.79 Å². The van der Waals surface area contributed by atoms with Gasteiger partial charge in [0.15, 0.2) is 0 Å². The predicted molar refractivity (Wildman–Crippen MR) is 104 cm³/mol. The van der Waals surface area contributed by atoms with Crippen LogP contribution in [0.4, 0.5) is 0 Å². The summed E-state index contributed by atoms with van der Waals surface area (Å²) in [6.07, 6.45) is 8.72. The molecular weight excluding hydrogens is 356 g/mol. The summed E-state index contributed by atoms with van der Waals surface area (Å²) >= 11 is 0. The molecule has 2 saturated heterocycles. The van der Waals surface area contributed by atoms with Crippen molar-refractivity contribution in [2.45, 2.75) is 57.9 Å². The van der Waals surface area contributed by atoms with E-state index in [1.54, 1.807) is 18.3 Å². The normalized spacial score (nSPS) is 37.5. The summed E-state index contributed by atoms with van der Waals surface area (Å²) in [6.45, 7) is 4.23. The van der Waals surface area contributed by atoms with Crippen molar-refractivity contribution in [1.82, 2.24) is 5.32 Å². The van der Waals surface area contributed by atoms with Gasteiger partial charge in [0.25, 0.3) is 0 Å². The van der Waals surface area contributed by atoms with Crippen molar-refractivity contribution in [3.05, 3.63) is 23.1 Å². The van der Waals surface area contributed by atoms with E-state index in [0.29, 0.717) is 11.5 Å². The molecule has 0 aromatic carbocycles. The van der Waals surface area contributed by atoms with Crippen molar-refractivity contribution in [2.75, 3.05) is 27.3 Å². The molecular formula is C22H33N2O4+. The zero-order chi connectivity index (χ0) is 19.9. The van der Waals surface area contributed by atoms with Crippen molar-refractivity contribution >= 4 is 11.9 Å². The van der Waals surface area contributed by atoms with Crippen LogP contribution >= 0.6 is 0 Å². The Morgan fingerprint density at radius 2 is 2.11 bits per heavy atom. The van der Waals surface area contributed by atoms with Gasteiger partial charge in [0, 0.05) is 30.4 Å². The highest BCUT2D eigenvalue weighted by Crippen LogP contribution is 2.50. The summed E-state index contributed by atoms with van der Waals surface area (Å²) in [7, 11) is 3.00. The van der Waals surface area contributed by atoms with E-state index in [9.17, 15) is 9.59 Å². The Morgan fingerprint density at radius 1 is 1.32 bits per heavy atom. The van der Waals surface area contributed by atoms with Crippen molar-refractivity contribution in [2.24, 2.45) is 17.3 Å². The SMILES string of the molecule is CC[C@H]1C[NH+]2CCC3(C(=O)NC4=C3CCCC4)C2C[C@@H]1/C(=C\OC)C(=O)OC. The van der Waals surface area contributed by atoms with Gasteiger partial charge in [-0.1, -0.05) is 6.92 Å². The molecule has 6 heteroatoms. The van der Waals surface area contributed by atoms with E-state index < -0.39 is 0 Å². The van der Waals surface area contributed by atoms with Crippen LogP contribution in [0.5, 0.6) is 0 Å². The Labute approximate surface area is 167 Å². The van der Waals surface area contributed by atoms with Crippen molar-refractivity contribution in [1.29, 1.82) is 0 Å². The van der Waals surface area contributed by atoms with Crippen LogP contribution in [0.15, 0.2) is 23.1 Å². The molecule has 3 heterocycles. The Balaban J connectivity index is 1.70. The molecule has 1 amide bonds. The number of rotatable bonds is 4. The van der Waals surface area contributed by atoms with Gasteiger partial charge >= 0.3 is 5.97 Å². The number of allylic oxidation sites excluding steroid dienone is 1. The summed E-state index contributed by atoms with van der Waals surface area (Å²) in [5.41, 5.74) is 2.84. The van der Waals surface area contributed by atoms with E-state index in [2.05, 4.69) is 12.2 Å². The van der Waals surface area contributed by atoms with Crippen LogP contribution in [0.2, 0.25) is 0 Å². The standard InChI is InChI=1S/C22H32N2O4/c1-4-14-12-24-10-9-22(17-7-5-6-8-18(17)23-21(22)26)19(24)11-15(14)16(13-27-2)20(25)28-3/h13-15,19H,4-12H2,1-3H3,(H,23,26)/p+1/b16-13+/t14-,15-,19?,22?/m0/s1. The third kappa shape index (κ3) is 2.79. The lowest BCUT2D eigenvalue weighted by Gasteiger charge is -2.42. The molecule has 2 fully saturated rings. The number of quaternary nitrogens is 1. The minimum atomic E-state index is -0.365. The predicted octanol–water partition coefficient (Wildman–Crippen LogP) is 1.34. The summed E-state index contributed by atoms with van der Waals surface area (Å²) in [6, 6.07) is 0.232. The summed E-state index contributed by atoms with van der Waals surface area (Å²) < 4.78 is 10.3. The first-order chi connectivity index (χ1) is 13.6. The van der Waals surface area contributed by atoms with Gasteiger partial charge in [-0.25, -0.2) is 4.79 Å². The molecule has 4 rings (SSSR count). The minimum absolute atomic E-state index is 0.0714. The highest BCUT2D eigenvalue weighted by Gasteiger charge is 2.64. The van der Waals surface area contributed by atoms with E-state index >= 15 is 0 Å². The first kappa shape index (κ1) is 19.5. The molecule has 0 saturated carbocycles. The largest absolute Gasteiger partial charge is 0.504 e. The van der Waals surface area contributed by atoms with Gasteiger partial charge in [0.2, 0.25) is 5.91 Å². The molecule has 3 aliphatic heterocycles. The second-order valence-corrected chi connectivity index (χ2v) is 8.82. The van der Waals surface area contributed by atoms with Gasteiger partial charge in [-0.2, -0.15) is 0 Å². The second kappa shape index (κ2) is 7.54. The summed E-state index contributed by atoms with van der Waals surface area (Å²) in [5, 5.41) is 3.25. The number of piperidine rings is 1. The lowest BCUT2D eigenvalue weighted by Crippen LogP contribution is -3.16. The zero-order valence-corrected chi connectivity index (χ0v) is 17.3. The van der Waals surface area contributed by atoms with Crippen LogP contribution in [-0.2, 0) is 19.1 Å². The topological polar surface area (TPSA) is 69.1 Å². The summed E-state index contributed by atoms with van der Waals surface area (Å²) in [5.74, 6) is 0.367. The van der Waals surface area contributed by atoms with Crippen LogP contribution in [0.25, 0.3) is 0 Å². The van der Waals surface area contributed by atoms with E-state index in [1.165, 1.54) is 31.2 Å². The van der Waals surface area contributed by atoms with E-state index in [0.717, 1.165) is 45.2 Å². The number of esters is 1. The number of fused-ring (bicyclic) bond motifs is 3. The molecule has 1 spiro atoms. The quantitative estimate of drug-likeness (QED) is 0.433. The maximum atomic E-state index is 13.3. The smallest absolute Gasteiger partial charge is 0.337 e. The number of hydrogen-bond donors (Lipinski definition) is 2. The first-order valence-electron chi connectivity index (χ1n) is 10.8. The molecule has 28 heavy (non-hydrogen) atoms. The number of nitrogens with one attached hydrogen (secondary N) is 2. The molecule has 4 aliphatic rings. The van der Waals surface area contributed by atoms with Crippen molar-refractivity contribution in [3.8, 4) is 0 Å². The fraction of sp³-hybridized carbons (Fsp3) is 0.727. The maximum Gasteiger partial charge on any atom is 0.337 e. The number of ether oxygens (including phenoxy) is 2. The molecule has 5 atom stereocenters. The Hall–Kier alpha value is -1.82. The lowest BCUT2D eigenvalue weighted by molar-refractivity contribution is -0.925. The van der Waals surface area contributed by atoms with Crippen LogP contribution in [0.1, 0.15) is 51.9 Å². The molecule has 6 nitrogen and oxygen atoms in total. The average Bonchev–Trinajstić information content (AvgIpc) is 3.23. The fourth-order valence-corrected chi connectivity index (χ4v) is 6.49. The van der Waals surface area contributed by atoms with E-state index in [4.69, 9.17) is 9.47 Å². The van der Waals surface area contributed by atoms with Crippen LogP contribution in [-0.4, -0.2) is 45.2 Å². The molecule has 0 aromatic heterocycles. The fourth-order valence-electron chi connectivity index (χ4n) is 6.49. The van der Waals surface area contributed by atoms with Gasteiger partial charge in [0.05, 0.1) is 39.1 Å². The second-order valence-electron chi connectivity index (χ2n) is 8.82. The van der Waals surface area contributed by atoms with Gasteiger partial charge in [-0.15, -0.1) is 0 Å². The molecule has 3 unspecified atom stereocenters. The van der Waals surface area contributed by atoms with Crippen molar-refractivity contribution in [3.63, 3.8) is 0 Å². The van der Waals surface area contributed by atoms with E-state index in [-0.39, 0.29) is 29.3 Å². The van der Waals surface area contributed by atoms with Crippen LogP contribution < -0.4 is 10.2 Å². The third-order valence-electron chi connectivity index (χ3n) is 7.78. The lowest BCUT2D eigenvalue weighted by atomic mass is 9.65. The molecule has 0 aromatic rings. The number of amides is 1. The van der Waals surface area contributed by atoms with Crippen molar-refractivity contribution < 1.29 is 24.0 Å². The highest BCUT2D eigenvalue weighted by molar-refractivity contribution is 5.92. The van der Waals surface area contributed by atoms with Gasteiger partial charge < -0.3 is 19.7 Å². The Morgan fingerprint density at radius 3 is 2.82 bits per heavy atom. The summed E-state index contributed by atoms with van der Waals surface area (Å²) in [4.78, 5) is 27.3. The van der Waals surface area contributed by atoms with Crippen LogP contribution in [0.3, 0.4) is 0 Å². The Bertz CT molecular complexity index is 728. The zero-order valence-electron chi connectivity index (χ0n) is 17.3. The molecule has 154 valence electrons. The van der Waals surface area contributed by atoms with Crippen LogP contribution in [0, 0.1) is 17.3 Å². The third-order valence-corrected chi connectivity index (χ3v) is 7.78. The highest BCUT2D eigenvalue weighted by atomic mass is 16.5. The molecule has 0 radical (unpaired) electrons. The van der Waals surface area contributed by atoms with E-state index in [1.807, 2.05) is 0 Å². The number of carbonyl (C=O) groups is 2. The average molecular weight is 390 g/mol. The molecule has 0 bridgehead atoms. The number of hydrogen-bond acceptors (Lipinski definition) is 4. The maximum absolute atomic E-state index is 13.3. The molecule has 1 aliphatic carbocycles.